The normalized spacial score (nSPS) is 19.6. The van der Waals surface area contributed by atoms with Crippen molar-refractivity contribution in [1.82, 2.24) is 4.90 Å². The molecule has 0 bridgehead atoms. The Balaban J connectivity index is 1.78. The monoisotopic (exact) mass is 352 g/mol. The highest BCUT2D eigenvalue weighted by Crippen LogP contribution is 2.37. The lowest BCUT2D eigenvalue weighted by Crippen LogP contribution is -2.59. The standard InChI is InChI=1S/C17H21FN2O5/c1-17(2,3)25-16(23)19-4-5-20-10(8-19)9-24-14-6-11(15(21)22)12(18)7-13(14)20/h6-7,10H,4-5,8-9H2,1-3H3,(H,21,22). The summed E-state index contributed by atoms with van der Waals surface area (Å²) in [5.41, 5.74) is -0.465. The number of fused-ring (bicyclic) bond motifs is 3. The fourth-order valence-electron chi connectivity index (χ4n) is 3.04. The van der Waals surface area contributed by atoms with Crippen LogP contribution < -0.4 is 9.64 Å². The molecule has 3 rings (SSSR count). The second kappa shape index (κ2) is 6.09. The van der Waals surface area contributed by atoms with Gasteiger partial charge in [-0.25, -0.2) is 14.0 Å². The molecule has 2 aliphatic heterocycles. The number of carboxylic acids is 1. The van der Waals surface area contributed by atoms with Crippen LogP contribution in [0, 0.1) is 5.82 Å². The van der Waals surface area contributed by atoms with Crippen LogP contribution in [-0.4, -0.2) is 60.0 Å². The second-order valence-corrected chi connectivity index (χ2v) is 7.19. The number of carboxylic acid groups (broad SMARTS) is 1. The Hall–Kier alpha value is -2.51. The molecule has 1 atom stereocenters. The minimum absolute atomic E-state index is 0.135. The minimum atomic E-state index is -1.33. The molecule has 1 aromatic rings. The van der Waals surface area contributed by atoms with Crippen molar-refractivity contribution in [2.75, 3.05) is 31.1 Å². The van der Waals surface area contributed by atoms with Crippen LogP contribution in [0.5, 0.6) is 5.75 Å². The first-order valence-electron chi connectivity index (χ1n) is 8.10. The lowest BCUT2D eigenvalue weighted by molar-refractivity contribution is 0.0194. The number of benzene rings is 1. The molecule has 1 fully saturated rings. The van der Waals surface area contributed by atoms with E-state index in [1.54, 1.807) is 4.90 Å². The van der Waals surface area contributed by atoms with E-state index >= 15 is 0 Å². The Kier molecular flexibility index (Phi) is 4.22. The Morgan fingerprint density at radius 3 is 2.68 bits per heavy atom. The van der Waals surface area contributed by atoms with Gasteiger partial charge in [0.05, 0.1) is 17.3 Å². The Bertz CT molecular complexity index is 716. The summed E-state index contributed by atoms with van der Waals surface area (Å²) < 4.78 is 25.0. The van der Waals surface area contributed by atoms with Crippen molar-refractivity contribution in [3.05, 3.63) is 23.5 Å². The molecule has 1 N–H and O–H groups in total. The summed E-state index contributed by atoms with van der Waals surface area (Å²) in [7, 11) is 0. The molecule has 2 heterocycles. The Morgan fingerprint density at radius 1 is 1.32 bits per heavy atom. The zero-order chi connectivity index (χ0) is 18.4. The summed E-state index contributed by atoms with van der Waals surface area (Å²) in [6.45, 7) is 7.05. The summed E-state index contributed by atoms with van der Waals surface area (Å²) in [5, 5.41) is 9.02. The van der Waals surface area contributed by atoms with Gasteiger partial charge in [0.2, 0.25) is 0 Å². The third kappa shape index (κ3) is 3.47. The van der Waals surface area contributed by atoms with Crippen LogP contribution in [0.4, 0.5) is 14.9 Å². The van der Waals surface area contributed by atoms with Gasteiger partial charge in [0.1, 0.15) is 23.8 Å². The third-order valence-electron chi connectivity index (χ3n) is 4.15. The summed E-state index contributed by atoms with van der Waals surface area (Å²) in [5.74, 6) is -1.79. The molecule has 1 amide bonds. The van der Waals surface area contributed by atoms with Crippen LogP contribution in [0.2, 0.25) is 0 Å². The molecule has 0 aromatic heterocycles. The highest BCUT2D eigenvalue weighted by Gasteiger charge is 2.36. The van der Waals surface area contributed by atoms with Gasteiger partial charge >= 0.3 is 12.1 Å². The number of nitrogens with zero attached hydrogens (tertiary/aromatic N) is 2. The van der Waals surface area contributed by atoms with Gasteiger partial charge in [0, 0.05) is 25.7 Å². The number of rotatable bonds is 1. The average Bonchev–Trinajstić information content (AvgIpc) is 2.51. The van der Waals surface area contributed by atoms with Gasteiger partial charge in [-0.2, -0.15) is 0 Å². The van der Waals surface area contributed by atoms with Crippen LogP contribution in [0.3, 0.4) is 0 Å². The van der Waals surface area contributed by atoms with Crippen molar-refractivity contribution in [1.29, 1.82) is 0 Å². The van der Waals surface area contributed by atoms with Crippen molar-refractivity contribution in [3.8, 4) is 5.75 Å². The number of amides is 1. The van der Waals surface area contributed by atoms with Gasteiger partial charge in [-0.15, -0.1) is 0 Å². The number of carbonyl (C=O) groups excluding carboxylic acids is 1. The molecule has 8 heteroatoms. The zero-order valence-corrected chi connectivity index (χ0v) is 14.4. The molecule has 1 unspecified atom stereocenters. The molecule has 0 radical (unpaired) electrons. The zero-order valence-electron chi connectivity index (χ0n) is 14.4. The number of ether oxygens (including phenoxy) is 2. The number of piperazine rings is 1. The van der Waals surface area contributed by atoms with Gasteiger partial charge in [-0.3, -0.25) is 0 Å². The Labute approximate surface area is 144 Å². The number of carbonyl (C=O) groups is 2. The van der Waals surface area contributed by atoms with Gasteiger partial charge in [0.15, 0.2) is 0 Å². The van der Waals surface area contributed by atoms with Crippen LogP contribution >= 0.6 is 0 Å². The smallest absolute Gasteiger partial charge is 0.410 e. The Morgan fingerprint density at radius 2 is 2.04 bits per heavy atom. The molecular weight excluding hydrogens is 331 g/mol. The number of halogens is 1. The van der Waals surface area contributed by atoms with Crippen molar-refractivity contribution in [2.45, 2.75) is 32.4 Å². The number of anilines is 1. The summed E-state index contributed by atoms with van der Waals surface area (Å²) in [6, 6.07) is 2.27. The maximum atomic E-state index is 14.0. The number of aromatic carboxylic acids is 1. The SMILES string of the molecule is CC(C)(C)OC(=O)N1CCN2c3cc(F)c(C(=O)O)cc3OCC2C1. The molecule has 136 valence electrons. The van der Waals surface area contributed by atoms with Crippen molar-refractivity contribution >= 4 is 17.7 Å². The lowest BCUT2D eigenvalue weighted by Gasteiger charge is -2.45. The molecule has 2 aliphatic rings. The van der Waals surface area contributed by atoms with E-state index in [0.717, 1.165) is 0 Å². The van der Waals surface area contributed by atoms with Gasteiger partial charge in [0.25, 0.3) is 0 Å². The largest absolute Gasteiger partial charge is 0.489 e. The fourth-order valence-corrected chi connectivity index (χ4v) is 3.04. The predicted octanol–water partition coefficient (Wildman–Crippen LogP) is 2.34. The van der Waals surface area contributed by atoms with Crippen LogP contribution in [0.1, 0.15) is 31.1 Å². The summed E-state index contributed by atoms with van der Waals surface area (Å²) in [6.07, 6.45) is -0.384. The molecule has 0 aliphatic carbocycles. The molecule has 25 heavy (non-hydrogen) atoms. The lowest BCUT2D eigenvalue weighted by atomic mass is 10.1. The first-order valence-corrected chi connectivity index (χ1v) is 8.10. The van der Waals surface area contributed by atoms with Gasteiger partial charge in [-0.05, 0) is 26.8 Å². The fraction of sp³-hybridized carbons (Fsp3) is 0.529. The van der Waals surface area contributed by atoms with Crippen LogP contribution in [0.25, 0.3) is 0 Å². The second-order valence-electron chi connectivity index (χ2n) is 7.19. The molecule has 0 saturated carbocycles. The van der Waals surface area contributed by atoms with E-state index in [0.29, 0.717) is 31.1 Å². The van der Waals surface area contributed by atoms with E-state index in [2.05, 4.69) is 0 Å². The highest BCUT2D eigenvalue weighted by atomic mass is 19.1. The van der Waals surface area contributed by atoms with Gasteiger partial charge < -0.3 is 24.4 Å². The van der Waals surface area contributed by atoms with E-state index < -0.39 is 23.0 Å². The van der Waals surface area contributed by atoms with Gasteiger partial charge in [-0.1, -0.05) is 0 Å². The van der Waals surface area contributed by atoms with Crippen molar-refractivity contribution < 1.29 is 28.6 Å². The predicted molar refractivity (Wildman–Crippen MR) is 87.8 cm³/mol. The van der Waals surface area contributed by atoms with E-state index in [1.165, 1.54) is 12.1 Å². The third-order valence-corrected chi connectivity index (χ3v) is 4.15. The molecule has 1 saturated heterocycles. The molecule has 0 spiro atoms. The summed E-state index contributed by atoms with van der Waals surface area (Å²) >= 11 is 0. The molecular formula is C17H21FN2O5. The first-order chi connectivity index (χ1) is 11.7. The number of hydrogen-bond acceptors (Lipinski definition) is 5. The minimum Gasteiger partial charge on any atom is -0.489 e. The first kappa shape index (κ1) is 17.3. The summed E-state index contributed by atoms with van der Waals surface area (Å²) in [4.78, 5) is 26.8. The van der Waals surface area contributed by atoms with E-state index in [-0.39, 0.29) is 18.7 Å². The highest BCUT2D eigenvalue weighted by molar-refractivity contribution is 5.89. The maximum absolute atomic E-state index is 14.0. The molecule has 1 aromatic carbocycles. The van der Waals surface area contributed by atoms with Crippen LogP contribution in [0.15, 0.2) is 12.1 Å². The number of hydrogen-bond donors (Lipinski definition) is 1. The maximum Gasteiger partial charge on any atom is 0.410 e. The quantitative estimate of drug-likeness (QED) is 0.836. The van der Waals surface area contributed by atoms with Crippen molar-refractivity contribution in [2.24, 2.45) is 0 Å². The van der Waals surface area contributed by atoms with E-state index in [1.807, 2.05) is 25.7 Å². The van der Waals surface area contributed by atoms with Crippen LogP contribution in [-0.2, 0) is 4.74 Å². The topological polar surface area (TPSA) is 79.3 Å². The van der Waals surface area contributed by atoms with Crippen molar-refractivity contribution in [3.63, 3.8) is 0 Å². The van der Waals surface area contributed by atoms with E-state index in [4.69, 9.17) is 14.6 Å². The van der Waals surface area contributed by atoms with E-state index in [9.17, 15) is 14.0 Å². The average molecular weight is 352 g/mol. The molecule has 7 nitrogen and oxygen atoms in total.